The minimum atomic E-state index is -1.64. The third kappa shape index (κ3) is 11.6. The van der Waals surface area contributed by atoms with Crippen LogP contribution < -0.4 is 19.8 Å². The van der Waals surface area contributed by atoms with Gasteiger partial charge in [-0.05, 0) is 114 Å². The topological polar surface area (TPSA) is 150 Å². The van der Waals surface area contributed by atoms with Gasteiger partial charge in [0.25, 0.3) is 8.53 Å². The second kappa shape index (κ2) is 21.6. The largest absolute Gasteiger partial charge is 0.497 e. The monoisotopic (exact) mass is 905 g/mol. The maximum Gasteiger partial charge on any atom is 0.336 e. The summed E-state index contributed by atoms with van der Waals surface area (Å²) >= 11 is 0. The quantitative estimate of drug-likeness (QED) is 0.0194. The Morgan fingerprint density at radius 2 is 1.43 bits per heavy atom. The van der Waals surface area contributed by atoms with E-state index in [-0.39, 0.29) is 61.9 Å². The number of nitriles is 1. The van der Waals surface area contributed by atoms with Crippen molar-refractivity contribution in [2.75, 3.05) is 34.0 Å². The average molecular weight is 906 g/mol. The predicted molar refractivity (Wildman–Crippen MR) is 250 cm³/mol. The van der Waals surface area contributed by atoms with Crippen LogP contribution in [0.15, 0.2) is 112 Å². The summed E-state index contributed by atoms with van der Waals surface area (Å²) in [6.07, 6.45) is 0.0130. The van der Waals surface area contributed by atoms with Crippen molar-refractivity contribution >= 4 is 31.4 Å². The van der Waals surface area contributed by atoms with Gasteiger partial charge in [0.1, 0.15) is 28.4 Å². The van der Waals surface area contributed by atoms with E-state index in [4.69, 9.17) is 32.4 Å². The number of benzene rings is 4. The standard InChI is InChI=1S/C51H60N3O10P/c1-34(2)54(35(3)4)65(61-27-13-26-52)64-44-30-40(53(32-44)47(55)28-36-29-48(56)63-46-31-43(24-25-45(36)46)62-49(57)50(5,6)7)33-60-51(37-14-11-10-12-15-37,38-16-20-41(58-8)21-17-38)39-18-22-42(59-9)23-19-39/h10-12,14-25,29,31,34-35,40,44H,13,27-28,30,32-33H2,1-9H3/t40-,44+,65?/m0/s1. The van der Waals surface area contributed by atoms with Crippen LogP contribution in [0.4, 0.5) is 0 Å². The van der Waals surface area contributed by atoms with Crippen LogP contribution in [0.25, 0.3) is 11.0 Å². The first-order valence-electron chi connectivity index (χ1n) is 21.9. The number of amides is 1. The summed E-state index contributed by atoms with van der Waals surface area (Å²) in [5, 5.41) is 9.90. The molecule has 14 heteroatoms. The minimum absolute atomic E-state index is 0.0671. The van der Waals surface area contributed by atoms with Gasteiger partial charge in [0, 0.05) is 36.1 Å². The minimum Gasteiger partial charge on any atom is -0.497 e. The van der Waals surface area contributed by atoms with E-state index in [1.807, 2.05) is 78.9 Å². The molecule has 4 aromatic carbocycles. The van der Waals surface area contributed by atoms with Crippen molar-refractivity contribution in [1.29, 1.82) is 5.26 Å². The molecular weight excluding hydrogens is 846 g/mol. The van der Waals surface area contributed by atoms with E-state index in [1.165, 1.54) is 12.1 Å². The van der Waals surface area contributed by atoms with Crippen molar-refractivity contribution in [3.63, 3.8) is 0 Å². The molecule has 0 saturated carbocycles. The molecule has 1 saturated heterocycles. The molecule has 0 spiro atoms. The summed E-state index contributed by atoms with van der Waals surface area (Å²) in [4.78, 5) is 42.4. The van der Waals surface area contributed by atoms with E-state index in [1.54, 1.807) is 52.0 Å². The third-order valence-corrected chi connectivity index (χ3v) is 13.4. The molecule has 1 fully saturated rings. The van der Waals surface area contributed by atoms with Crippen LogP contribution >= 0.6 is 8.53 Å². The molecule has 0 aliphatic carbocycles. The summed E-state index contributed by atoms with van der Waals surface area (Å²) in [6.45, 7) is 14.1. The van der Waals surface area contributed by atoms with Gasteiger partial charge < -0.3 is 37.3 Å². The molecule has 6 rings (SSSR count). The number of ether oxygens (including phenoxy) is 4. The Kier molecular flexibility index (Phi) is 16.2. The number of rotatable bonds is 19. The molecule has 0 N–H and O–H groups in total. The van der Waals surface area contributed by atoms with Crippen molar-refractivity contribution in [3.8, 4) is 23.3 Å². The van der Waals surface area contributed by atoms with Gasteiger partial charge in [-0.15, -0.1) is 0 Å². The average Bonchev–Trinajstić information content (AvgIpc) is 3.69. The molecule has 1 aliphatic heterocycles. The lowest BCUT2D eigenvalue weighted by Crippen LogP contribution is -2.43. The molecule has 3 atom stereocenters. The van der Waals surface area contributed by atoms with Crippen LogP contribution in [0.3, 0.4) is 0 Å². The summed E-state index contributed by atoms with van der Waals surface area (Å²) in [7, 11) is 1.61. The molecule has 1 aromatic heterocycles. The molecule has 5 aromatic rings. The van der Waals surface area contributed by atoms with E-state index in [0.29, 0.717) is 28.9 Å². The number of esters is 1. The van der Waals surface area contributed by atoms with Crippen LogP contribution in [-0.2, 0) is 35.4 Å². The highest BCUT2D eigenvalue weighted by Gasteiger charge is 2.44. The Labute approximate surface area is 383 Å². The van der Waals surface area contributed by atoms with Crippen LogP contribution in [0.1, 0.15) is 83.6 Å². The smallest absolute Gasteiger partial charge is 0.336 e. The lowest BCUT2D eigenvalue weighted by Gasteiger charge is -2.38. The first-order valence-corrected chi connectivity index (χ1v) is 23.0. The van der Waals surface area contributed by atoms with E-state index < -0.39 is 43.3 Å². The zero-order valence-electron chi connectivity index (χ0n) is 38.7. The van der Waals surface area contributed by atoms with Gasteiger partial charge >= 0.3 is 11.6 Å². The van der Waals surface area contributed by atoms with Gasteiger partial charge in [0.05, 0.1) is 63.9 Å². The lowest BCUT2D eigenvalue weighted by molar-refractivity contribution is -0.143. The molecule has 1 aliphatic rings. The Balaban J connectivity index is 1.40. The molecule has 1 unspecified atom stereocenters. The van der Waals surface area contributed by atoms with Crippen molar-refractivity contribution < 1.29 is 42.0 Å². The summed E-state index contributed by atoms with van der Waals surface area (Å²) in [5.74, 6) is 0.907. The first kappa shape index (κ1) is 48.8. The van der Waals surface area contributed by atoms with Gasteiger partial charge in [-0.3, -0.25) is 9.59 Å². The van der Waals surface area contributed by atoms with Gasteiger partial charge in [0.15, 0.2) is 0 Å². The fraction of sp³-hybridized carbons (Fsp3) is 0.412. The fourth-order valence-corrected chi connectivity index (χ4v) is 9.79. The Morgan fingerprint density at radius 1 is 0.846 bits per heavy atom. The lowest BCUT2D eigenvalue weighted by atomic mass is 9.80. The van der Waals surface area contributed by atoms with E-state index in [9.17, 15) is 19.6 Å². The van der Waals surface area contributed by atoms with Crippen LogP contribution in [-0.4, -0.2) is 79.7 Å². The fourth-order valence-electron chi connectivity index (χ4n) is 8.08. The highest BCUT2D eigenvalue weighted by atomic mass is 31.2. The van der Waals surface area contributed by atoms with E-state index in [2.05, 4.69) is 38.4 Å². The van der Waals surface area contributed by atoms with Crippen LogP contribution in [0.2, 0.25) is 0 Å². The maximum atomic E-state index is 14.9. The summed E-state index contributed by atoms with van der Waals surface area (Å²) in [5.41, 5.74) is 0.648. The normalized spacial score (nSPS) is 16.0. The van der Waals surface area contributed by atoms with Crippen LogP contribution in [0.5, 0.6) is 17.2 Å². The molecule has 0 bridgehead atoms. The van der Waals surface area contributed by atoms with E-state index >= 15 is 0 Å². The predicted octanol–water partition coefficient (Wildman–Crippen LogP) is 9.57. The van der Waals surface area contributed by atoms with Crippen molar-refractivity contribution in [2.24, 2.45) is 5.41 Å². The molecule has 2 heterocycles. The second-order valence-electron chi connectivity index (χ2n) is 17.6. The molecule has 13 nitrogen and oxygen atoms in total. The molecule has 0 radical (unpaired) electrons. The SMILES string of the molecule is COc1ccc(C(OC[C@@H]2C[C@@H](OP(OCCC#N)N(C(C)C)C(C)C)CN2C(=O)Cc2cc(=O)oc3cc(OC(=O)C(C)(C)C)ccc23)(c2ccccc2)c2ccc(OC)cc2)cc1. The third-order valence-electron chi connectivity index (χ3n) is 11.2. The molecule has 344 valence electrons. The number of carbonyl (C=O) groups excluding carboxylic acids is 2. The number of fused-ring (bicyclic) bond motifs is 1. The van der Waals surface area contributed by atoms with Crippen LogP contribution in [0, 0.1) is 16.7 Å². The molecule has 65 heavy (non-hydrogen) atoms. The number of carbonyl (C=O) groups is 2. The first-order chi connectivity index (χ1) is 31.1. The second-order valence-corrected chi connectivity index (χ2v) is 19.0. The Morgan fingerprint density at radius 3 is 1.98 bits per heavy atom. The van der Waals surface area contributed by atoms with Crippen molar-refractivity contribution in [3.05, 3.63) is 136 Å². The highest BCUT2D eigenvalue weighted by molar-refractivity contribution is 7.44. The van der Waals surface area contributed by atoms with E-state index in [0.717, 1.165) is 16.7 Å². The Hall–Kier alpha value is -5.61. The van der Waals surface area contributed by atoms with Crippen molar-refractivity contribution in [2.45, 2.75) is 97.6 Å². The summed E-state index contributed by atoms with van der Waals surface area (Å²) < 4.78 is 45.0. The summed E-state index contributed by atoms with van der Waals surface area (Å²) in [6, 6.07) is 33.4. The number of methoxy groups -OCH3 is 2. The maximum absolute atomic E-state index is 14.9. The van der Waals surface area contributed by atoms with Gasteiger partial charge in [0.2, 0.25) is 5.91 Å². The number of hydrogen-bond donors (Lipinski definition) is 0. The highest BCUT2D eigenvalue weighted by Crippen LogP contribution is 2.49. The molecular formula is C51H60N3O10P. The number of nitrogens with zero attached hydrogens (tertiary/aromatic N) is 3. The number of likely N-dealkylation sites (tertiary alicyclic amines) is 1. The van der Waals surface area contributed by atoms with Gasteiger partial charge in [-0.1, -0.05) is 54.6 Å². The zero-order valence-corrected chi connectivity index (χ0v) is 39.6. The Bertz CT molecular complexity index is 2420. The van der Waals surface area contributed by atoms with Gasteiger partial charge in [-0.2, -0.15) is 5.26 Å². The zero-order chi connectivity index (χ0) is 46.9. The van der Waals surface area contributed by atoms with Gasteiger partial charge in [-0.25, -0.2) is 9.46 Å². The molecule has 1 amide bonds. The number of hydrogen-bond acceptors (Lipinski definition) is 12. The van der Waals surface area contributed by atoms with Crippen molar-refractivity contribution in [1.82, 2.24) is 9.57 Å².